The van der Waals surface area contributed by atoms with E-state index < -0.39 is 12.0 Å². The lowest BCUT2D eigenvalue weighted by atomic mass is 9.89. The Kier molecular flexibility index (Phi) is 3.33. The van der Waals surface area contributed by atoms with Crippen LogP contribution in [0.4, 0.5) is 14.5 Å². The molecule has 2 nitrogen and oxygen atoms in total. The number of hydrogen-bond donors (Lipinski definition) is 1. The van der Waals surface area contributed by atoms with E-state index in [0.717, 1.165) is 5.69 Å². The maximum Gasteiger partial charge on any atom is 0.256 e. The van der Waals surface area contributed by atoms with Gasteiger partial charge in [0.1, 0.15) is 0 Å². The summed E-state index contributed by atoms with van der Waals surface area (Å²) in [7, 11) is 0. The Morgan fingerprint density at radius 1 is 1.18 bits per heavy atom. The van der Waals surface area contributed by atoms with Crippen LogP contribution in [-0.4, -0.2) is 25.1 Å². The SMILES string of the molecule is Cc1ccc(N2CCC(N)(C(F)F)CC2)cc1. The summed E-state index contributed by atoms with van der Waals surface area (Å²) >= 11 is 0. The van der Waals surface area contributed by atoms with Crippen LogP contribution in [0.1, 0.15) is 18.4 Å². The molecule has 0 amide bonds. The van der Waals surface area contributed by atoms with Crippen molar-refractivity contribution in [2.75, 3.05) is 18.0 Å². The van der Waals surface area contributed by atoms with Crippen molar-refractivity contribution < 1.29 is 8.78 Å². The summed E-state index contributed by atoms with van der Waals surface area (Å²) in [6, 6.07) is 8.13. The van der Waals surface area contributed by atoms with Gasteiger partial charge in [-0.05, 0) is 31.9 Å². The largest absolute Gasteiger partial charge is 0.371 e. The number of benzene rings is 1. The van der Waals surface area contributed by atoms with E-state index in [9.17, 15) is 8.78 Å². The zero-order chi connectivity index (χ0) is 12.5. The molecule has 1 aromatic carbocycles. The zero-order valence-corrected chi connectivity index (χ0v) is 10.00. The number of alkyl halides is 2. The molecule has 1 aliphatic rings. The van der Waals surface area contributed by atoms with E-state index in [2.05, 4.69) is 4.90 Å². The molecule has 0 saturated carbocycles. The van der Waals surface area contributed by atoms with Crippen LogP contribution in [0.25, 0.3) is 0 Å². The predicted molar refractivity (Wildman–Crippen MR) is 65.5 cm³/mol. The smallest absolute Gasteiger partial charge is 0.256 e. The summed E-state index contributed by atoms with van der Waals surface area (Å²) in [6.07, 6.45) is -1.74. The van der Waals surface area contributed by atoms with E-state index in [-0.39, 0.29) is 0 Å². The predicted octanol–water partition coefficient (Wildman–Crippen LogP) is 2.56. The first-order valence-electron chi connectivity index (χ1n) is 5.90. The molecule has 0 atom stereocenters. The number of piperidine rings is 1. The maximum atomic E-state index is 12.7. The molecule has 94 valence electrons. The second-order valence-electron chi connectivity index (χ2n) is 4.86. The number of nitrogens with zero attached hydrogens (tertiary/aromatic N) is 1. The third-order valence-corrected chi connectivity index (χ3v) is 3.53. The molecule has 0 radical (unpaired) electrons. The summed E-state index contributed by atoms with van der Waals surface area (Å²) in [5, 5.41) is 0. The highest BCUT2D eigenvalue weighted by atomic mass is 19.3. The van der Waals surface area contributed by atoms with Crippen LogP contribution in [0.15, 0.2) is 24.3 Å². The van der Waals surface area contributed by atoms with E-state index in [4.69, 9.17) is 5.73 Å². The molecular formula is C13H18F2N2. The van der Waals surface area contributed by atoms with Gasteiger partial charge >= 0.3 is 0 Å². The van der Waals surface area contributed by atoms with Crippen molar-refractivity contribution in [3.63, 3.8) is 0 Å². The van der Waals surface area contributed by atoms with Crippen molar-refractivity contribution in [3.8, 4) is 0 Å². The highest BCUT2D eigenvalue weighted by Gasteiger charge is 2.38. The average Bonchev–Trinajstić information content (AvgIpc) is 2.31. The summed E-state index contributed by atoms with van der Waals surface area (Å²) in [5.41, 5.74) is 6.69. The van der Waals surface area contributed by atoms with Gasteiger partial charge in [0.15, 0.2) is 0 Å². The zero-order valence-electron chi connectivity index (χ0n) is 10.00. The van der Waals surface area contributed by atoms with Crippen LogP contribution < -0.4 is 10.6 Å². The van der Waals surface area contributed by atoms with Crippen molar-refractivity contribution in [3.05, 3.63) is 29.8 Å². The summed E-state index contributed by atoms with van der Waals surface area (Å²) < 4.78 is 25.5. The second-order valence-corrected chi connectivity index (χ2v) is 4.86. The lowest BCUT2D eigenvalue weighted by molar-refractivity contribution is 0.0391. The van der Waals surface area contributed by atoms with Gasteiger partial charge in [-0.1, -0.05) is 17.7 Å². The number of halogens is 2. The molecule has 1 aromatic rings. The van der Waals surface area contributed by atoms with Gasteiger partial charge in [0, 0.05) is 18.8 Å². The molecule has 2 rings (SSSR count). The minimum Gasteiger partial charge on any atom is -0.371 e. The topological polar surface area (TPSA) is 29.3 Å². The van der Waals surface area contributed by atoms with Gasteiger partial charge in [-0.2, -0.15) is 0 Å². The minimum atomic E-state index is -2.43. The van der Waals surface area contributed by atoms with Gasteiger partial charge in [-0.3, -0.25) is 0 Å². The third-order valence-electron chi connectivity index (χ3n) is 3.53. The highest BCUT2D eigenvalue weighted by molar-refractivity contribution is 5.48. The highest BCUT2D eigenvalue weighted by Crippen LogP contribution is 2.29. The van der Waals surface area contributed by atoms with Gasteiger partial charge in [-0.25, -0.2) is 8.78 Å². The van der Waals surface area contributed by atoms with E-state index in [1.165, 1.54) is 5.56 Å². The fourth-order valence-electron chi connectivity index (χ4n) is 2.16. The van der Waals surface area contributed by atoms with Crippen LogP contribution in [0.5, 0.6) is 0 Å². The molecule has 1 saturated heterocycles. The maximum absolute atomic E-state index is 12.7. The van der Waals surface area contributed by atoms with Crippen molar-refractivity contribution in [1.29, 1.82) is 0 Å². The van der Waals surface area contributed by atoms with Crippen LogP contribution in [0.3, 0.4) is 0 Å². The molecule has 1 heterocycles. The molecule has 0 spiro atoms. The van der Waals surface area contributed by atoms with Crippen molar-refractivity contribution >= 4 is 5.69 Å². The van der Waals surface area contributed by atoms with Crippen LogP contribution in [-0.2, 0) is 0 Å². The molecule has 0 aromatic heterocycles. The van der Waals surface area contributed by atoms with E-state index >= 15 is 0 Å². The van der Waals surface area contributed by atoms with E-state index in [1.807, 2.05) is 31.2 Å². The molecule has 0 bridgehead atoms. The Bertz CT molecular complexity index is 368. The standard InChI is InChI=1S/C13H18F2N2/c1-10-2-4-11(5-3-10)17-8-6-13(16,7-9-17)12(14)15/h2-5,12H,6-9,16H2,1H3. The number of rotatable bonds is 2. The lowest BCUT2D eigenvalue weighted by Crippen LogP contribution is -2.55. The summed E-state index contributed by atoms with van der Waals surface area (Å²) in [4.78, 5) is 2.12. The van der Waals surface area contributed by atoms with Gasteiger partial charge in [0.2, 0.25) is 0 Å². The molecule has 1 aliphatic heterocycles. The van der Waals surface area contributed by atoms with E-state index in [0.29, 0.717) is 25.9 Å². The second kappa shape index (κ2) is 4.61. The van der Waals surface area contributed by atoms with Gasteiger partial charge in [-0.15, -0.1) is 0 Å². The summed E-state index contributed by atoms with van der Waals surface area (Å²) in [5.74, 6) is 0. The average molecular weight is 240 g/mol. The van der Waals surface area contributed by atoms with Crippen molar-refractivity contribution in [2.45, 2.75) is 31.7 Å². The number of aryl methyl sites for hydroxylation is 1. The molecular weight excluding hydrogens is 222 g/mol. The normalized spacial score (nSPS) is 19.7. The molecule has 1 fully saturated rings. The Labute approximate surface area is 100 Å². The third kappa shape index (κ3) is 2.57. The van der Waals surface area contributed by atoms with E-state index in [1.54, 1.807) is 0 Å². The quantitative estimate of drug-likeness (QED) is 0.860. The van der Waals surface area contributed by atoms with Crippen LogP contribution >= 0.6 is 0 Å². The number of nitrogens with two attached hydrogens (primary N) is 1. The molecule has 0 unspecified atom stereocenters. The van der Waals surface area contributed by atoms with Gasteiger partial charge in [0.05, 0.1) is 5.54 Å². The first-order valence-corrected chi connectivity index (χ1v) is 5.90. The molecule has 0 aliphatic carbocycles. The number of anilines is 1. The molecule has 17 heavy (non-hydrogen) atoms. The Morgan fingerprint density at radius 3 is 2.18 bits per heavy atom. The van der Waals surface area contributed by atoms with Crippen molar-refractivity contribution in [1.82, 2.24) is 0 Å². The molecule has 4 heteroatoms. The first kappa shape index (κ1) is 12.3. The fraction of sp³-hybridized carbons (Fsp3) is 0.538. The van der Waals surface area contributed by atoms with Gasteiger partial charge < -0.3 is 10.6 Å². The van der Waals surface area contributed by atoms with Crippen molar-refractivity contribution in [2.24, 2.45) is 5.73 Å². The Balaban J connectivity index is 2.02. The van der Waals surface area contributed by atoms with Crippen LogP contribution in [0, 0.1) is 6.92 Å². The van der Waals surface area contributed by atoms with Crippen LogP contribution in [0.2, 0.25) is 0 Å². The lowest BCUT2D eigenvalue weighted by Gasteiger charge is -2.39. The fourth-order valence-corrected chi connectivity index (χ4v) is 2.16. The Morgan fingerprint density at radius 2 is 1.71 bits per heavy atom. The minimum absolute atomic E-state index is 0.346. The molecule has 2 N–H and O–H groups in total. The first-order chi connectivity index (χ1) is 8.01. The monoisotopic (exact) mass is 240 g/mol. The Hall–Kier alpha value is -1.16. The van der Waals surface area contributed by atoms with Gasteiger partial charge in [0.25, 0.3) is 6.43 Å². The summed E-state index contributed by atoms with van der Waals surface area (Å²) in [6.45, 7) is 3.23. The number of hydrogen-bond acceptors (Lipinski definition) is 2.